The van der Waals surface area contributed by atoms with Gasteiger partial charge in [0, 0.05) is 25.7 Å². The monoisotopic (exact) mass is 1350 g/mol. The fourth-order valence-corrected chi connectivity index (χ4v) is 12.7. The van der Waals surface area contributed by atoms with Crippen molar-refractivity contribution >= 4 is 39.5 Å². The number of esters is 4. The molecule has 0 saturated heterocycles. The van der Waals surface area contributed by atoms with E-state index in [1.165, 1.54) is 186 Å². The van der Waals surface area contributed by atoms with Crippen LogP contribution in [0.3, 0.4) is 0 Å². The van der Waals surface area contributed by atoms with Crippen LogP contribution in [0.1, 0.15) is 375 Å². The first-order valence-electron chi connectivity index (χ1n) is 38.0. The van der Waals surface area contributed by atoms with Gasteiger partial charge >= 0.3 is 39.5 Å². The van der Waals surface area contributed by atoms with E-state index < -0.39 is 97.5 Å². The second kappa shape index (κ2) is 65.0. The molecule has 0 aromatic carbocycles. The maximum Gasteiger partial charge on any atom is 0.472 e. The number of rotatable bonds is 72. The lowest BCUT2D eigenvalue weighted by molar-refractivity contribution is -0.161. The summed E-state index contributed by atoms with van der Waals surface area (Å²) in [5.41, 5.74) is 0. The van der Waals surface area contributed by atoms with Gasteiger partial charge in [0.05, 0.1) is 26.4 Å². The summed E-state index contributed by atoms with van der Waals surface area (Å²) in [6.07, 6.45) is 51.5. The van der Waals surface area contributed by atoms with Crippen LogP contribution < -0.4 is 0 Å². The van der Waals surface area contributed by atoms with Crippen LogP contribution in [0.2, 0.25) is 0 Å². The maximum atomic E-state index is 13.1. The zero-order valence-corrected chi connectivity index (χ0v) is 61.6. The first kappa shape index (κ1) is 90.1. The Hall–Kier alpha value is -1.94. The van der Waals surface area contributed by atoms with Crippen molar-refractivity contribution in [3.05, 3.63) is 0 Å². The minimum atomic E-state index is -4.95. The number of unbranched alkanes of at least 4 members (excludes halogenated alkanes) is 42. The van der Waals surface area contributed by atoms with Crippen LogP contribution >= 0.6 is 15.6 Å². The zero-order chi connectivity index (χ0) is 67.9. The van der Waals surface area contributed by atoms with Crippen molar-refractivity contribution in [1.29, 1.82) is 0 Å². The smallest absolute Gasteiger partial charge is 0.462 e. The van der Waals surface area contributed by atoms with Crippen molar-refractivity contribution in [3.8, 4) is 0 Å². The Kier molecular flexibility index (Phi) is 63.7. The number of aliphatic hydroxyl groups is 1. The molecule has 0 aromatic heterocycles. The van der Waals surface area contributed by atoms with Gasteiger partial charge in [-0.3, -0.25) is 37.3 Å². The van der Waals surface area contributed by atoms with Crippen molar-refractivity contribution in [2.24, 2.45) is 11.8 Å². The molecule has 0 amide bonds. The van der Waals surface area contributed by atoms with E-state index in [0.29, 0.717) is 25.7 Å². The second-order valence-electron chi connectivity index (χ2n) is 27.3. The minimum Gasteiger partial charge on any atom is -0.462 e. The van der Waals surface area contributed by atoms with E-state index >= 15 is 0 Å². The Labute approximate surface area is 562 Å². The molecule has 0 rings (SSSR count). The van der Waals surface area contributed by atoms with Crippen LogP contribution in [0.5, 0.6) is 0 Å². The minimum absolute atomic E-state index is 0.105. The number of carbonyl (C=O) groups is 4. The Bertz CT molecular complexity index is 1790. The van der Waals surface area contributed by atoms with Gasteiger partial charge in [0.25, 0.3) is 0 Å². The lowest BCUT2D eigenvalue weighted by atomic mass is 10.0. The third kappa shape index (κ3) is 66.7. The molecule has 92 heavy (non-hydrogen) atoms. The van der Waals surface area contributed by atoms with E-state index in [1.54, 1.807) is 0 Å². The molecule has 0 spiro atoms. The molecule has 5 atom stereocenters. The van der Waals surface area contributed by atoms with Gasteiger partial charge in [0.1, 0.15) is 19.3 Å². The molecule has 3 N–H and O–H groups in total. The van der Waals surface area contributed by atoms with Gasteiger partial charge in [-0.15, -0.1) is 0 Å². The van der Waals surface area contributed by atoms with Crippen LogP contribution in [0, 0.1) is 11.8 Å². The van der Waals surface area contributed by atoms with Crippen LogP contribution in [-0.2, 0) is 65.4 Å². The third-order valence-corrected chi connectivity index (χ3v) is 18.9. The maximum absolute atomic E-state index is 13.1. The summed E-state index contributed by atoms with van der Waals surface area (Å²) >= 11 is 0. The predicted molar refractivity (Wildman–Crippen MR) is 372 cm³/mol. The molecule has 0 bridgehead atoms. The van der Waals surface area contributed by atoms with Crippen LogP contribution in [0.4, 0.5) is 0 Å². The van der Waals surface area contributed by atoms with Gasteiger partial charge in [0.15, 0.2) is 12.2 Å². The predicted octanol–water partition coefficient (Wildman–Crippen LogP) is 21.2. The third-order valence-electron chi connectivity index (χ3n) is 17.0. The highest BCUT2D eigenvalue weighted by atomic mass is 31.2. The average molecular weight is 1350 g/mol. The van der Waals surface area contributed by atoms with Crippen LogP contribution in [0.15, 0.2) is 0 Å². The van der Waals surface area contributed by atoms with Crippen molar-refractivity contribution in [2.75, 3.05) is 39.6 Å². The van der Waals surface area contributed by atoms with Gasteiger partial charge in [0.2, 0.25) is 0 Å². The van der Waals surface area contributed by atoms with Gasteiger partial charge in [-0.2, -0.15) is 0 Å². The lowest BCUT2D eigenvalue weighted by Crippen LogP contribution is -2.30. The molecule has 0 aliphatic heterocycles. The standard InChI is InChI=1S/C73H142O17P2/c1-7-9-11-13-15-17-18-19-20-21-22-23-24-25-26-33-39-45-51-57-72(77)89-69(62-84-71(76)56-50-44-38-32-28-27-30-35-41-47-53-65(3)4)64-88-92(81,82)86-60-67(74)59-85-91(79,80)87-63-68(61-83-70(75)55-49-43-37-16-14-12-10-8-2)90-73(78)58-52-46-40-34-29-31-36-42-48-54-66(5)6/h65-69,74H,7-64H2,1-6H3,(H,79,80)(H,81,82)/t67-,68+,69+/m0/s1. The first-order valence-corrected chi connectivity index (χ1v) is 41.0. The van der Waals surface area contributed by atoms with E-state index in [9.17, 15) is 43.2 Å². The molecule has 0 aliphatic carbocycles. The van der Waals surface area contributed by atoms with Gasteiger partial charge in [-0.1, -0.05) is 324 Å². The van der Waals surface area contributed by atoms with E-state index in [4.69, 9.17) is 37.0 Å². The topological polar surface area (TPSA) is 237 Å². The second-order valence-corrected chi connectivity index (χ2v) is 30.2. The molecular formula is C73H142O17P2. The summed E-state index contributed by atoms with van der Waals surface area (Å²) in [7, 11) is -9.90. The fraction of sp³-hybridized carbons (Fsp3) is 0.945. The normalized spacial score (nSPS) is 14.1. The summed E-state index contributed by atoms with van der Waals surface area (Å²) in [6, 6.07) is 0. The van der Waals surface area contributed by atoms with Crippen molar-refractivity contribution in [2.45, 2.75) is 394 Å². The molecule has 0 heterocycles. The van der Waals surface area contributed by atoms with Crippen LogP contribution in [0.25, 0.3) is 0 Å². The molecule has 546 valence electrons. The molecule has 0 aromatic rings. The summed E-state index contributed by atoms with van der Waals surface area (Å²) in [6.45, 7) is 9.52. The summed E-state index contributed by atoms with van der Waals surface area (Å²) < 4.78 is 68.3. The highest BCUT2D eigenvalue weighted by Crippen LogP contribution is 2.45. The fourth-order valence-electron chi connectivity index (χ4n) is 11.1. The summed E-state index contributed by atoms with van der Waals surface area (Å²) in [5.74, 6) is -0.628. The number of phosphoric ester groups is 2. The Balaban J connectivity index is 5.20. The SMILES string of the molecule is CCCCCCCCCCCCCCCCCCCCCC(=O)O[C@H](COC(=O)CCCCCCCCCCCCC(C)C)COP(=O)(O)OC[C@@H](O)COP(=O)(O)OC[C@@H](COC(=O)CCCCCCCCCC)OC(=O)CCCCCCCCCCCC(C)C. The van der Waals surface area contributed by atoms with Crippen molar-refractivity contribution in [1.82, 2.24) is 0 Å². The molecule has 0 aliphatic rings. The quantitative estimate of drug-likeness (QED) is 0.0222. The number of phosphoric acid groups is 2. The first-order chi connectivity index (χ1) is 44.4. The van der Waals surface area contributed by atoms with Gasteiger partial charge in [-0.25, -0.2) is 9.13 Å². The Morgan fingerprint density at radius 1 is 0.293 bits per heavy atom. The Morgan fingerprint density at radius 2 is 0.500 bits per heavy atom. The molecule has 17 nitrogen and oxygen atoms in total. The van der Waals surface area contributed by atoms with E-state index in [-0.39, 0.29) is 25.7 Å². The van der Waals surface area contributed by atoms with E-state index in [1.807, 2.05) is 0 Å². The molecule has 19 heteroatoms. The van der Waals surface area contributed by atoms with E-state index in [0.717, 1.165) is 108 Å². The highest BCUT2D eigenvalue weighted by Gasteiger charge is 2.30. The number of hydrogen-bond donors (Lipinski definition) is 3. The molecule has 2 unspecified atom stereocenters. The lowest BCUT2D eigenvalue weighted by Gasteiger charge is -2.21. The molecule has 0 radical (unpaired) electrons. The van der Waals surface area contributed by atoms with Crippen molar-refractivity contribution in [3.63, 3.8) is 0 Å². The van der Waals surface area contributed by atoms with Gasteiger partial charge in [-0.05, 0) is 37.5 Å². The molecule has 0 saturated carbocycles. The molecular weight excluding hydrogens is 1210 g/mol. The van der Waals surface area contributed by atoms with Crippen molar-refractivity contribution < 1.29 is 80.2 Å². The number of aliphatic hydroxyl groups excluding tert-OH is 1. The highest BCUT2D eigenvalue weighted by molar-refractivity contribution is 7.47. The van der Waals surface area contributed by atoms with E-state index in [2.05, 4.69) is 41.5 Å². The summed E-state index contributed by atoms with van der Waals surface area (Å²) in [4.78, 5) is 72.6. The summed E-state index contributed by atoms with van der Waals surface area (Å²) in [5, 5.41) is 10.6. The number of carbonyl (C=O) groups excluding carboxylic acids is 4. The molecule has 0 fully saturated rings. The largest absolute Gasteiger partial charge is 0.472 e. The number of ether oxygens (including phenoxy) is 4. The average Bonchev–Trinajstić information content (AvgIpc) is 1.56. The van der Waals surface area contributed by atoms with Gasteiger partial charge < -0.3 is 33.8 Å². The van der Waals surface area contributed by atoms with Crippen LogP contribution in [-0.4, -0.2) is 96.7 Å². The zero-order valence-electron chi connectivity index (χ0n) is 59.9. The Morgan fingerprint density at radius 3 is 0.739 bits per heavy atom. The number of hydrogen-bond acceptors (Lipinski definition) is 15.